The van der Waals surface area contributed by atoms with E-state index in [0.717, 1.165) is 0 Å². The van der Waals surface area contributed by atoms with E-state index in [-0.39, 0.29) is 12.4 Å². The van der Waals surface area contributed by atoms with Crippen molar-refractivity contribution in [3.63, 3.8) is 0 Å². The molecule has 2 N–H and O–H groups in total. The highest BCUT2D eigenvalue weighted by molar-refractivity contribution is 5.80. The van der Waals surface area contributed by atoms with Crippen LogP contribution < -0.4 is 5.32 Å². The highest BCUT2D eigenvalue weighted by atomic mass is 16.5. The van der Waals surface area contributed by atoms with Crippen LogP contribution in [-0.4, -0.2) is 24.1 Å². The van der Waals surface area contributed by atoms with Gasteiger partial charge in [-0.1, -0.05) is 12.1 Å². The van der Waals surface area contributed by atoms with Crippen molar-refractivity contribution in [2.24, 2.45) is 0 Å². The highest BCUT2D eigenvalue weighted by Crippen LogP contribution is 2.19. The summed E-state index contributed by atoms with van der Waals surface area (Å²) in [5.41, 5.74) is 0.477. The quantitative estimate of drug-likeness (QED) is 0.570. The molecule has 0 saturated heterocycles. The molecule has 1 atom stereocenters. The lowest BCUT2D eigenvalue weighted by Gasteiger charge is -2.14. The second-order valence-corrected chi connectivity index (χ2v) is 3.06. The van der Waals surface area contributed by atoms with Crippen LogP contribution >= 0.6 is 0 Å². The van der Waals surface area contributed by atoms with Crippen molar-refractivity contribution in [2.75, 3.05) is 6.61 Å². The summed E-state index contributed by atoms with van der Waals surface area (Å²) < 4.78 is 4.81. The Hall–Kier alpha value is -2.04. The minimum absolute atomic E-state index is 0.0273. The van der Waals surface area contributed by atoms with Crippen LogP contribution in [0.5, 0.6) is 5.75 Å². The molecule has 1 rings (SSSR count). The minimum Gasteiger partial charge on any atom is -0.508 e. The van der Waals surface area contributed by atoms with E-state index in [1.807, 2.05) is 0 Å². The van der Waals surface area contributed by atoms with Gasteiger partial charge in [-0.15, -0.1) is 0 Å². The first kappa shape index (κ1) is 12.0. The normalized spacial score (nSPS) is 11.6. The van der Waals surface area contributed by atoms with Gasteiger partial charge in [0, 0.05) is 0 Å². The Morgan fingerprint density at radius 2 is 2.38 bits per heavy atom. The third-order valence-corrected chi connectivity index (χ3v) is 1.96. The number of hydrogen-bond donors (Lipinski definition) is 2. The van der Waals surface area contributed by atoms with Gasteiger partial charge in [-0.2, -0.15) is 0 Å². The van der Waals surface area contributed by atoms with Gasteiger partial charge < -0.3 is 15.2 Å². The minimum atomic E-state index is -0.885. The molecule has 0 aliphatic rings. The third kappa shape index (κ3) is 2.98. The molecular weight excluding hydrogens is 210 g/mol. The third-order valence-electron chi connectivity index (χ3n) is 1.96. The number of phenols is 1. The number of aromatic hydroxyl groups is 1. The SMILES string of the molecule is CCOC(=O)C(NC=O)c1cccc(O)c1. The second kappa shape index (κ2) is 5.75. The molecule has 5 heteroatoms. The van der Waals surface area contributed by atoms with Gasteiger partial charge in [-0.05, 0) is 24.6 Å². The van der Waals surface area contributed by atoms with Gasteiger partial charge in [-0.3, -0.25) is 4.79 Å². The largest absolute Gasteiger partial charge is 0.508 e. The average Bonchev–Trinajstić information content (AvgIpc) is 2.26. The Morgan fingerprint density at radius 3 is 2.94 bits per heavy atom. The van der Waals surface area contributed by atoms with Gasteiger partial charge in [-0.25, -0.2) is 4.79 Å². The molecule has 0 radical (unpaired) electrons. The fraction of sp³-hybridized carbons (Fsp3) is 0.273. The van der Waals surface area contributed by atoms with E-state index in [1.165, 1.54) is 12.1 Å². The van der Waals surface area contributed by atoms with Crippen molar-refractivity contribution in [3.05, 3.63) is 29.8 Å². The Bertz CT molecular complexity index is 378. The van der Waals surface area contributed by atoms with Gasteiger partial charge in [0.15, 0.2) is 6.04 Å². The van der Waals surface area contributed by atoms with E-state index in [9.17, 15) is 14.7 Å². The summed E-state index contributed by atoms with van der Waals surface area (Å²) in [5.74, 6) is -0.528. The monoisotopic (exact) mass is 223 g/mol. The Morgan fingerprint density at radius 1 is 1.62 bits per heavy atom. The van der Waals surface area contributed by atoms with Crippen molar-refractivity contribution >= 4 is 12.4 Å². The van der Waals surface area contributed by atoms with Gasteiger partial charge in [0.25, 0.3) is 0 Å². The number of esters is 1. The molecule has 0 bridgehead atoms. The molecule has 5 nitrogen and oxygen atoms in total. The smallest absolute Gasteiger partial charge is 0.333 e. The first-order valence-corrected chi connectivity index (χ1v) is 4.84. The Labute approximate surface area is 93.0 Å². The van der Waals surface area contributed by atoms with Crippen LogP contribution in [-0.2, 0) is 14.3 Å². The standard InChI is InChI=1S/C11H13NO4/c1-2-16-11(15)10(12-7-13)8-4-3-5-9(14)6-8/h3-7,10,14H,2H2,1H3,(H,12,13). The number of amides is 1. The number of phenolic OH excluding ortho intramolecular Hbond substituents is 1. The fourth-order valence-electron chi connectivity index (χ4n) is 1.30. The van der Waals surface area contributed by atoms with Crippen LogP contribution in [0.1, 0.15) is 18.5 Å². The van der Waals surface area contributed by atoms with Crippen LogP contribution in [0.4, 0.5) is 0 Å². The molecule has 16 heavy (non-hydrogen) atoms. The van der Waals surface area contributed by atoms with E-state index in [4.69, 9.17) is 4.74 Å². The van der Waals surface area contributed by atoms with E-state index in [1.54, 1.807) is 19.1 Å². The lowest BCUT2D eigenvalue weighted by Crippen LogP contribution is -2.29. The van der Waals surface area contributed by atoms with Gasteiger partial charge >= 0.3 is 5.97 Å². The fourth-order valence-corrected chi connectivity index (χ4v) is 1.30. The lowest BCUT2D eigenvalue weighted by molar-refractivity contribution is -0.146. The van der Waals surface area contributed by atoms with E-state index in [2.05, 4.69) is 5.32 Å². The van der Waals surface area contributed by atoms with E-state index >= 15 is 0 Å². The molecule has 0 spiro atoms. The first-order chi connectivity index (χ1) is 7.69. The zero-order chi connectivity index (χ0) is 12.0. The summed E-state index contributed by atoms with van der Waals surface area (Å²) in [4.78, 5) is 21.9. The number of ether oxygens (including phenoxy) is 1. The van der Waals surface area contributed by atoms with Crippen molar-refractivity contribution in [3.8, 4) is 5.75 Å². The predicted molar refractivity (Wildman–Crippen MR) is 56.7 cm³/mol. The van der Waals surface area contributed by atoms with Crippen molar-refractivity contribution < 1.29 is 19.4 Å². The maximum absolute atomic E-state index is 11.5. The summed E-state index contributed by atoms with van der Waals surface area (Å²) in [5, 5.41) is 11.6. The average molecular weight is 223 g/mol. The second-order valence-electron chi connectivity index (χ2n) is 3.06. The maximum atomic E-state index is 11.5. The predicted octanol–water partition coefficient (Wildman–Crippen LogP) is 0.742. The topological polar surface area (TPSA) is 75.6 Å². The molecule has 86 valence electrons. The molecule has 1 aromatic rings. The molecule has 0 aromatic heterocycles. The molecule has 0 fully saturated rings. The maximum Gasteiger partial charge on any atom is 0.333 e. The van der Waals surface area contributed by atoms with Crippen molar-refractivity contribution in [1.82, 2.24) is 5.32 Å². The van der Waals surface area contributed by atoms with Crippen molar-refractivity contribution in [2.45, 2.75) is 13.0 Å². The molecule has 0 aliphatic heterocycles. The number of rotatable bonds is 5. The van der Waals surface area contributed by atoms with Crippen LogP contribution in [0.3, 0.4) is 0 Å². The molecule has 0 heterocycles. The number of hydrogen-bond acceptors (Lipinski definition) is 4. The molecule has 1 unspecified atom stereocenters. The van der Waals surface area contributed by atoms with Crippen LogP contribution in [0.25, 0.3) is 0 Å². The van der Waals surface area contributed by atoms with Crippen LogP contribution in [0.2, 0.25) is 0 Å². The van der Waals surface area contributed by atoms with Crippen LogP contribution in [0.15, 0.2) is 24.3 Å². The van der Waals surface area contributed by atoms with E-state index < -0.39 is 12.0 Å². The number of carbonyl (C=O) groups is 2. The van der Waals surface area contributed by atoms with Gasteiger partial charge in [0.05, 0.1) is 6.61 Å². The summed E-state index contributed by atoms with van der Waals surface area (Å²) in [7, 11) is 0. The summed E-state index contributed by atoms with van der Waals surface area (Å²) >= 11 is 0. The number of benzene rings is 1. The summed E-state index contributed by atoms with van der Waals surface area (Å²) in [6, 6.07) is 5.20. The molecule has 0 aliphatic carbocycles. The molecule has 1 amide bonds. The summed E-state index contributed by atoms with van der Waals surface area (Å²) in [6.07, 6.45) is 0.422. The zero-order valence-corrected chi connectivity index (χ0v) is 8.84. The van der Waals surface area contributed by atoms with Gasteiger partial charge in [0.1, 0.15) is 5.75 Å². The van der Waals surface area contributed by atoms with Crippen molar-refractivity contribution in [1.29, 1.82) is 0 Å². The Balaban J connectivity index is 2.92. The van der Waals surface area contributed by atoms with Gasteiger partial charge in [0.2, 0.25) is 6.41 Å². The molecule has 0 saturated carbocycles. The molecule has 1 aromatic carbocycles. The first-order valence-electron chi connectivity index (χ1n) is 4.84. The lowest BCUT2D eigenvalue weighted by atomic mass is 10.1. The molecular formula is C11H13NO4. The Kier molecular flexibility index (Phi) is 4.32. The summed E-state index contributed by atoms with van der Waals surface area (Å²) in [6.45, 7) is 1.91. The zero-order valence-electron chi connectivity index (χ0n) is 8.84. The number of nitrogens with one attached hydrogen (secondary N) is 1. The van der Waals surface area contributed by atoms with E-state index in [0.29, 0.717) is 12.0 Å². The number of carbonyl (C=O) groups excluding carboxylic acids is 2. The van der Waals surface area contributed by atoms with Crippen LogP contribution in [0, 0.1) is 0 Å². The highest BCUT2D eigenvalue weighted by Gasteiger charge is 2.21.